The van der Waals surface area contributed by atoms with Crippen LogP contribution in [0.4, 0.5) is 0 Å². The van der Waals surface area contributed by atoms with Gasteiger partial charge in [0.05, 0.1) is 0 Å². The van der Waals surface area contributed by atoms with E-state index in [2.05, 4.69) is 16.6 Å². The molecule has 1 saturated heterocycles. The van der Waals surface area contributed by atoms with Gasteiger partial charge in [0.2, 0.25) is 5.91 Å². The van der Waals surface area contributed by atoms with Crippen molar-refractivity contribution in [2.45, 2.75) is 39.2 Å². The van der Waals surface area contributed by atoms with Gasteiger partial charge in [-0.2, -0.15) is 0 Å². The van der Waals surface area contributed by atoms with E-state index in [0.717, 1.165) is 42.6 Å². The van der Waals surface area contributed by atoms with Crippen LogP contribution in [0.2, 0.25) is 0 Å². The number of nitrogens with zero attached hydrogens (tertiary/aromatic N) is 1. The number of hydrogen-bond acceptors (Lipinski definition) is 5. The summed E-state index contributed by atoms with van der Waals surface area (Å²) < 4.78 is 0. The summed E-state index contributed by atoms with van der Waals surface area (Å²) in [4.78, 5) is 26.6. The number of terminal acetylenes is 1. The summed E-state index contributed by atoms with van der Waals surface area (Å²) in [6, 6.07) is 7.68. The third-order valence-corrected chi connectivity index (χ3v) is 5.66. The van der Waals surface area contributed by atoms with Gasteiger partial charge >= 0.3 is 0 Å². The van der Waals surface area contributed by atoms with Crippen molar-refractivity contribution >= 4 is 17.9 Å². The van der Waals surface area contributed by atoms with Crippen LogP contribution in [0.3, 0.4) is 0 Å². The number of carbonyl (C=O) groups is 2. The third kappa shape index (κ3) is 10.5. The van der Waals surface area contributed by atoms with Crippen LogP contribution in [0.1, 0.15) is 43.7 Å². The van der Waals surface area contributed by atoms with Crippen molar-refractivity contribution in [2.24, 2.45) is 5.92 Å². The molecule has 1 fully saturated rings. The molecule has 35 heavy (non-hydrogen) atoms. The number of amides is 2. The molecule has 0 aliphatic carbocycles. The van der Waals surface area contributed by atoms with Gasteiger partial charge < -0.3 is 15.5 Å². The average Bonchev–Trinajstić information content (AvgIpc) is 2.90. The van der Waals surface area contributed by atoms with Gasteiger partial charge in [0.15, 0.2) is 0 Å². The number of hydroxylamine groups is 1. The number of allylic oxidation sites excluding steroid dienone is 3. The van der Waals surface area contributed by atoms with E-state index in [-0.39, 0.29) is 11.8 Å². The van der Waals surface area contributed by atoms with Crippen molar-refractivity contribution in [2.75, 3.05) is 19.6 Å². The van der Waals surface area contributed by atoms with E-state index in [0.29, 0.717) is 25.9 Å². The second kappa shape index (κ2) is 16.1. The lowest BCUT2D eigenvalue weighted by Crippen LogP contribution is -2.41. The van der Waals surface area contributed by atoms with Crippen molar-refractivity contribution in [1.29, 1.82) is 0 Å². The summed E-state index contributed by atoms with van der Waals surface area (Å²) in [7, 11) is 0. The van der Waals surface area contributed by atoms with Gasteiger partial charge in [0.1, 0.15) is 0 Å². The van der Waals surface area contributed by atoms with Crippen LogP contribution in [0.5, 0.6) is 0 Å². The maximum atomic E-state index is 13.4. The van der Waals surface area contributed by atoms with Gasteiger partial charge in [-0.3, -0.25) is 14.8 Å². The lowest BCUT2D eigenvalue weighted by molar-refractivity contribution is -0.137. The van der Waals surface area contributed by atoms with Crippen molar-refractivity contribution in [3.8, 4) is 12.3 Å². The minimum atomic E-state index is -0.586. The molecule has 186 valence electrons. The molecule has 0 radical (unpaired) electrons. The number of nitrogens with one attached hydrogen (secondary N) is 3. The molecule has 4 N–H and O–H groups in total. The van der Waals surface area contributed by atoms with Gasteiger partial charge in [-0.05, 0) is 68.3 Å². The summed E-state index contributed by atoms with van der Waals surface area (Å²) in [5.41, 5.74) is 4.47. The summed E-state index contributed by atoms with van der Waals surface area (Å²) in [5, 5.41) is 15.1. The number of hydrogen-bond donors (Lipinski definition) is 4. The highest BCUT2D eigenvalue weighted by Gasteiger charge is 2.26. The molecule has 0 unspecified atom stereocenters. The molecule has 0 saturated carbocycles. The summed E-state index contributed by atoms with van der Waals surface area (Å²) in [6.45, 7) is 4.76. The highest BCUT2D eigenvalue weighted by molar-refractivity contribution is 5.90. The number of piperidine rings is 1. The van der Waals surface area contributed by atoms with E-state index < -0.39 is 5.91 Å². The number of benzene rings is 1. The quantitative estimate of drug-likeness (QED) is 0.122. The smallest absolute Gasteiger partial charge is 0.267 e. The first-order valence-electron chi connectivity index (χ1n) is 11.9. The lowest BCUT2D eigenvalue weighted by atomic mass is 9.96. The Morgan fingerprint density at radius 1 is 1.23 bits per heavy atom. The molecule has 0 atom stereocenters. The fourth-order valence-corrected chi connectivity index (χ4v) is 3.76. The molecule has 1 aromatic carbocycles. The molecule has 0 bridgehead atoms. The molecule has 2 amide bonds. The highest BCUT2D eigenvalue weighted by Crippen LogP contribution is 2.19. The van der Waals surface area contributed by atoms with E-state index in [1.165, 1.54) is 6.08 Å². The molecule has 7 heteroatoms. The third-order valence-electron chi connectivity index (χ3n) is 5.66. The highest BCUT2D eigenvalue weighted by atomic mass is 16.5. The molecular formula is C28H36N4O3. The Morgan fingerprint density at radius 3 is 2.63 bits per heavy atom. The van der Waals surface area contributed by atoms with Gasteiger partial charge in [-0.1, -0.05) is 42.5 Å². The summed E-state index contributed by atoms with van der Waals surface area (Å²) in [5.74, 6) is 2.24. The first-order valence-corrected chi connectivity index (χ1v) is 11.9. The molecular weight excluding hydrogens is 440 g/mol. The van der Waals surface area contributed by atoms with Crippen molar-refractivity contribution in [3.63, 3.8) is 0 Å². The zero-order valence-corrected chi connectivity index (χ0v) is 20.4. The fourth-order valence-electron chi connectivity index (χ4n) is 3.76. The van der Waals surface area contributed by atoms with E-state index in [1.54, 1.807) is 11.6 Å². The summed E-state index contributed by atoms with van der Waals surface area (Å²) >= 11 is 0. The Labute approximate surface area is 208 Å². The van der Waals surface area contributed by atoms with Crippen molar-refractivity contribution in [1.82, 2.24) is 21.0 Å². The topological polar surface area (TPSA) is 93.7 Å². The predicted octanol–water partition coefficient (Wildman–Crippen LogP) is 3.51. The van der Waals surface area contributed by atoms with Gasteiger partial charge in [0, 0.05) is 37.7 Å². The lowest BCUT2D eigenvalue weighted by Gasteiger charge is -2.30. The normalized spacial score (nSPS) is 14.9. The van der Waals surface area contributed by atoms with E-state index in [9.17, 15) is 9.59 Å². The van der Waals surface area contributed by atoms with Gasteiger partial charge in [-0.15, -0.1) is 12.3 Å². The SMILES string of the molecule is C#CC/C=C/C(=C\N/C=C/C)CCN(Cc1ccc(/C=C/C(=O)NO)cc1)C(=O)C1CCNCC1. The Hall–Kier alpha value is -3.60. The predicted molar refractivity (Wildman–Crippen MR) is 140 cm³/mol. The van der Waals surface area contributed by atoms with Gasteiger partial charge in [-0.25, -0.2) is 5.48 Å². The number of rotatable bonds is 12. The molecule has 1 heterocycles. The fraction of sp³-hybridized carbons (Fsp3) is 0.357. The maximum Gasteiger partial charge on any atom is 0.267 e. The van der Waals surface area contributed by atoms with Crippen LogP contribution in [-0.4, -0.2) is 41.6 Å². The molecule has 1 aromatic rings. The minimum absolute atomic E-state index is 0.0287. The molecule has 0 spiro atoms. The second-order valence-corrected chi connectivity index (χ2v) is 8.28. The largest absolute Gasteiger partial charge is 0.368 e. The second-order valence-electron chi connectivity index (χ2n) is 8.28. The number of carbonyl (C=O) groups excluding carboxylic acids is 2. The molecule has 2 rings (SSSR count). The first kappa shape index (κ1) is 27.6. The minimum Gasteiger partial charge on any atom is -0.368 e. The van der Waals surface area contributed by atoms with Crippen LogP contribution >= 0.6 is 0 Å². The van der Waals surface area contributed by atoms with E-state index in [4.69, 9.17) is 11.6 Å². The van der Waals surface area contributed by atoms with Crippen molar-refractivity contribution in [3.05, 3.63) is 77.7 Å². The zero-order valence-electron chi connectivity index (χ0n) is 20.4. The summed E-state index contributed by atoms with van der Waals surface area (Å²) in [6.07, 6.45) is 20.9. The van der Waals surface area contributed by atoms with E-state index >= 15 is 0 Å². The van der Waals surface area contributed by atoms with E-state index in [1.807, 2.05) is 66.7 Å². The molecule has 7 nitrogen and oxygen atoms in total. The Bertz CT molecular complexity index is 965. The molecule has 1 aliphatic heterocycles. The van der Waals surface area contributed by atoms with Crippen molar-refractivity contribution < 1.29 is 14.8 Å². The Kier molecular flexibility index (Phi) is 12.7. The monoisotopic (exact) mass is 476 g/mol. The van der Waals surface area contributed by atoms with Gasteiger partial charge in [0.25, 0.3) is 5.91 Å². The van der Waals surface area contributed by atoms with Crippen LogP contribution < -0.4 is 16.1 Å². The van der Waals surface area contributed by atoms with Crippen LogP contribution in [0.25, 0.3) is 6.08 Å². The van der Waals surface area contributed by atoms with Crippen LogP contribution in [0, 0.1) is 18.3 Å². The maximum absolute atomic E-state index is 13.4. The molecule has 0 aromatic heterocycles. The standard InChI is InChI=1S/C28H36N4O3/c1-3-5-6-7-24(21-30-17-4-2)16-20-32(28(34)26-14-18-29-19-15-26)22-25-10-8-23(9-11-25)12-13-27(33)31-35/h1,4,6-13,17,21,26,29-30,35H,5,14-16,18-20,22H2,2H3,(H,31,33)/b7-6+,13-12+,17-4+,24-21+. The molecule has 1 aliphatic rings. The Morgan fingerprint density at radius 2 is 1.97 bits per heavy atom. The van der Waals surface area contributed by atoms with Crippen LogP contribution in [-0.2, 0) is 16.1 Å². The Balaban J connectivity index is 2.15. The van der Waals surface area contributed by atoms with Crippen LogP contribution in [0.15, 0.2) is 66.5 Å². The average molecular weight is 477 g/mol. The zero-order chi connectivity index (χ0) is 25.3. The first-order chi connectivity index (χ1) is 17.1.